The second-order valence-electron chi connectivity index (χ2n) is 5.68. The summed E-state index contributed by atoms with van der Waals surface area (Å²) in [5.74, 6) is 0.468. The minimum absolute atomic E-state index is 0.468. The van der Waals surface area contributed by atoms with Crippen LogP contribution < -0.4 is 0 Å². The topological polar surface area (TPSA) is 83.5 Å². The molecule has 0 aromatic carbocycles. The van der Waals surface area contributed by atoms with E-state index in [1.807, 2.05) is 0 Å². The molecule has 2 atom stereocenters. The fourth-order valence-corrected chi connectivity index (χ4v) is 2.95. The summed E-state index contributed by atoms with van der Waals surface area (Å²) in [7, 11) is -3.60. The lowest BCUT2D eigenvalue weighted by Gasteiger charge is -2.49. The maximum absolute atomic E-state index is 11.4. The summed E-state index contributed by atoms with van der Waals surface area (Å²) >= 11 is 0. The van der Waals surface area contributed by atoms with Crippen LogP contribution in [0.3, 0.4) is 0 Å². The summed E-state index contributed by atoms with van der Waals surface area (Å²) in [5.41, 5.74) is 0. The number of nitrogens with zero attached hydrogens (tertiary/aromatic N) is 1. The van der Waals surface area contributed by atoms with E-state index in [9.17, 15) is 17.8 Å². The zero-order chi connectivity index (χ0) is 16.7. The highest BCUT2D eigenvalue weighted by Gasteiger charge is 2.40. The lowest BCUT2D eigenvalue weighted by atomic mass is 9.97. The Morgan fingerprint density at radius 1 is 1.14 bits per heavy atom. The number of carbonyl (C=O) groups excluding carboxylic acids is 1. The van der Waals surface area contributed by atoms with Crippen LogP contribution in [0.15, 0.2) is 0 Å². The molecule has 0 spiro atoms. The van der Waals surface area contributed by atoms with Gasteiger partial charge in [-0.3, -0.25) is 8.98 Å². The van der Waals surface area contributed by atoms with Crippen molar-refractivity contribution in [3.63, 3.8) is 0 Å². The van der Waals surface area contributed by atoms with Crippen LogP contribution in [0.4, 0.5) is 0 Å². The van der Waals surface area contributed by atoms with Crippen LogP contribution in [-0.4, -0.2) is 55.5 Å². The summed E-state index contributed by atoms with van der Waals surface area (Å²) < 4.78 is 32.2. The Kier molecular flexibility index (Phi) is 8.61. The van der Waals surface area contributed by atoms with Crippen LogP contribution in [0, 0.1) is 0 Å². The highest BCUT2D eigenvalue weighted by atomic mass is 32.3. The predicted octanol–water partition coefficient (Wildman–Crippen LogP) is 1.86. The predicted molar refractivity (Wildman–Crippen MR) is 80.4 cm³/mol. The molecule has 6 nitrogen and oxygen atoms in total. The normalized spacial score (nSPS) is 21.1. The van der Waals surface area contributed by atoms with Crippen molar-refractivity contribution in [3.05, 3.63) is 0 Å². The first kappa shape index (κ1) is 20.5. The molecule has 0 saturated carbocycles. The fourth-order valence-electron chi connectivity index (χ4n) is 2.95. The zero-order valence-electron chi connectivity index (χ0n) is 13.8. The lowest BCUT2D eigenvalue weighted by molar-refractivity contribution is -0.971. The molecule has 21 heavy (non-hydrogen) atoms. The third-order valence-electron chi connectivity index (χ3n) is 4.76. The number of likely N-dealkylation sites (tertiary alicyclic amines) is 1. The minimum Gasteiger partial charge on any atom is -0.726 e. The van der Waals surface area contributed by atoms with Crippen LogP contribution in [0.1, 0.15) is 53.4 Å². The zero-order valence-corrected chi connectivity index (χ0v) is 14.6. The van der Waals surface area contributed by atoms with E-state index in [0.29, 0.717) is 17.9 Å². The molecule has 1 heterocycles. The van der Waals surface area contributed by atoms with E-state index in [0.717, 1.165) is 33.0 Å². The molecule has 0 bridgehead atoms. The van der Waals surface area contributed by atoms with Crippen molar-refractivity contribution in [3.8, 4) is 0 Å². The molecule has 0 aromatic rings. The van der Waals surface area contributed by atoms with E-state index in [1.54, 1.807) is 0 Å². The monoisotopic (exact) mass is 323 g/mol. The molecule has 1 saturated heterocycles. The van der Waals surface area contributed by atoms with Crippen molar-refractivity contribution >= 4 is 16.2 Å². The fraction of sp³-hybridized carbons (Fsp3) is 0.929. The highest BCUT2D eigenvalue weighted by Crippen LogP contribution is 2.28. The van der Waals surface area contributed by atoms with Gasteiger partial charge in [0.1, 0.15) is 5.78 Å². The Bertz CT molecular complexity index is 399. The van der Waals surface area contributed by atoms with Gasteiger partial charge in [0.2, 0.25) is 10.4 Å². The average Bonchev–Trinajstić information content (AvgIpc) is 2.46. The van der Waals surface area contributed by atoms with Gasteiger partial charge in [-0.05, 0) is 26.7 Å². The van der Waals surface area contributed by atoms with Crippen LogP contribution in [0.25, 0.3) is 0 Å². The Balaban J connectivity index is 0.000000567. The van der Waals surface area contributed by atoms with Gasteiger partial charge >= 0.3 is 0 Å². The highest BCUT2D eigenvalue weighted by molar-refractivity contribution is 7.80. The van der Waals surface area contributed by atoms with Gasteiger partial charge < -0.3 is 9.04 Å². The number of hydrogen-bond donors (Lipinski definition) is 0. The molecule has 0 aliphatic carbocycles. The number of ketones is 1. The summed E-state index contributed by atoms with van der Waals surface area (Å²) in [5, 5.41) is 0. The van der Waals surface area contributed by atoms with Crippen molar-refractivity contribution in [2.24, 2.45) is 0 Å². The molecule has 1 aliphatic heterocycles. The molecule has 2 unspecified atom stereocenters. The van der Waals surface area contributed by atoms with Gasteiger partial charge in [-0.15, -0.1) is 0 Å². The summed E-state index contributed by atoms with van der Waals surface area (Å²) in [4.78, 5) is 11.4. The van der Waals surface area contributed by atoms with E-state index in [-0.39, 0.29) is 0 Å². The van der Waals surface area contributed by atoms with Gasteiger partial charge in [0, 0.05) is 0 Å². The third-order valence-corrected chi connectivity index (χ3v) is 5.16. The maximum Gasteiger partial charge on any atom is 0.217 e. The first-order valence-corrected chi connectivity index (χ1v) is 8.85. The van der Waals surface area contributed by atoms with Crippen LogP contribution in [0.5, 0.6) is 0 Å². The molecule has 7 heteroatoms. The number of piperidine rings is 1. The molecule has 1 aliphatic rings. The molecule has 0 aromatic heterocycles. The van der Waals surface area contributed by atoms with Crippen molar-refractivity contribution in [1.29, 1.82) is 0 Å². The number of Topliss-reactive ketones (excluding diaryl/α,β-unsaturated/α-hetero) is 1. The smallest absolute Gasteiger partial charge is 0.217 e. The Hall–Kier alpha value is -0.500. The minimum atomic E-state index is -4.41. The molecule has 126 valence electrons. The Labute approximate surface area is 129 Å². The molecule has 0 N–H and O–H groups in total. The number of carbonyl (C=O) groups is 1. The second kappa shape index (κ2) is 8.82. The molecule has 1 rings (SSSR count). The second-order valence-corrected chi connectivity index (χ2v) is 6.83. The number of rotatable bonds is 5. The SMILES string of the molecule is CCC(C)[N+]1(C(C)CC)CCC(=O)CC1.COS(=O)(=O)[O-]. The molecule has 0 radical (unpaired) electrons. The first-order valence-electron chi connectivity index (χ1n) is 7.52. The summed E-state index contributed by atoms with van der Waals surface area (Å²) in [6.45, 7) is 11.4. The van der Waals surface area contributed by atoms with Crippen LogP contribution in [-0.2, 0) is 19.4 Å². The van der Waals surface area contributed by atoms with Crippen molar-refractivity contribution in [2.75, 3.05) is 20.2 Å². The molecular weight excluding hydrogens is 294 g/mol. The number of quaternary nitrogens is 1. The van der Waals surface area contributed by atoms with Gasteiger partial charge in [0.15, 0.2) is 0 Å². The van der Waals surface area contributed by atoms with E-state index in [4.69, 9.17) is 0 Å². The van der Waals surface area contributed by atoms with E-state index in [1.165, 1.54) is 17.3 Å². The van der Waals surface area contributed by atoms with Gasteiger partial charge in [0.25, 0.3) is 0 Å². The largest absolute Gasteiger partial charge is 0.726 e. The van der Waals surface area contributed by atoms with Gasteiger partial charge in [-0.2, -0.15) is 0 Å². The summed E-state index contributed by atoms with van der Waals surface area (Å²) in [6.07, 6.45) is 4.04. The van der Waals surface area contributed by atoms with Crippen molar-refractivity contribution < 1.29 is 26.4 Å². The lowest BCUT2D eigenvalue weighted by Crippen LogP contribution is -2.62. The standard InChI is InChI=1S/C13H26NO.CH4O4S/c1-5-11(3)14(12(4)6-2)9-7-13(15)8-10-14;1-5-6(2,3)4/h11-12H,5-10H2,1-4H3;1H3,(H,2,3,4)/q+1;/p-1. The third kappa shape index (κ3) is 6.42. The van der Waals surface area contributed by atoms with Gasteiger partial charge in [-0.1, -0.05) is 13.8 Å². The molecule has 0 amide bonds. The molecule has 1 fully saturated rings. The van der Waals surface area contributed by atoms with Crippen molar-refractivity contribution in [1.82, 2.24) is 0 Å². The number of hydrogen-bond acceptors (Lipinski definition) is 5. The van der Waals surface area contributed by atoms with Gasteiger partial charge in [-0.25, -0.2) is 8.42 Å². The Morgan fingerprint density at radius 2 is 1.48 bits per heavy atom. The summed E-state index contributed by atoms with van der Waals surface area (Å²) in [6, 6.07) is 1.40. The maximum atomic E-state index is 11.4. The Morgan fingerprint density at radius 3 is 1.71 bits per heavy atom. The molecular formula is C14H29NO5S. The van der Waals surface area contributed by atoms with Gasteiger partial charge in [0.05, 0.1) is 45.1 Å². The van der Waals surface area contributed by atoms with E-state index < -0.39 is 10.4 Å². The first-order chi connectivity index (χ1) is 9.62. The van der Waals surface area contributed by atoms with Crippen molar-refractivity contribution in [2.45, 2.75) is 65.5 Å². The van der Waals surface area contributed by atoms with Crippen LogP contribution >= 0.6 is 0 Å². The van der Waals surface area contributed by atoms with Crippen LogP contribution in [0.2, 0.25) is 0 Å². The van der Waals surface area contributed by atoms with E-state index >= 15 is 0 Å². The quantitative estimate of drug-likeness (QED) is 0.438. The average molecular weight is 323 g/mol. The van der Waals surface area contributed by atoms with E-state index in [2.05, 4.69) is 31.9 Å².